The minimum Gasteiger partial charge on any atom is -0.380 e. The van der Waals surface area contributed by atoms with Crippen LogP contribution in [0.25, 0.3) is 11.3 Å². The molecule has 0 spiro atoms. The zero-order valence-corrected chi connectivity index (χ0v) is 19.2. The normalized spacial score (nSPS) is 16.2. The third-order valence-electron chi connectivity index (χ3n) is 6.16. The lowest BCUT2D eigenvalue weighted by Crippen LogP contribution is -2.48. The summed E-state index contributed by atoms with van der Waals surface area (Å²) in [4.78, 5) is 28.0. The van der Waals surface area contributed by atoms with Gasteiger partial charge in [0.25, 0.3) is 0 Å². The molecular formula is C25H28N6O2. The van der Waals surface area contributed by atoms with Gasteiger partial charge in [0, 0.05) is 35.4 Å². The number of fused-ring (bicyclic) bond motifs is 1. The third kappa shape index (κ3) is 4.52. The fourth-order valence-corrected chi connectivity index (χ4v) is 4.56. The summed E-state index contributed by atoms with van der Waals surface area (Å²) in [6, 6.07) is 7.62. The molecule has 170 valence electrons. The van der Waals surface area contributed by atoms with Crippen LogP contribution in [-0.4, -0.2) is 47.3 Å². The molecule has 1 aromatic carbocycles. The number of benzene rings is 1. The molecule has 2 amide bonds. The molecule has 4 heterocycles. The Hall–Kier alpha value is -3.52. The minimum absolute atomic E-state index is 0.243. The second kappa shape index (κ2) is 8.44. The highest BCUT2D eigenvalue weighted by Gasteiger charge is 2.37. The Morgan fingerprint density at radius 2 is 2.00 bits per heavy atom. The molecular weight excluding hydrogens is 416 g/mol. The number of urea groups is 1. The highest BCUT2D eigenvalue weighted by atomic mass is 16.5. The van der Waals surface area contributed by atoms with Gasteiger partial charge in [-0.25, -0.2) is 9.78 Å². The Morgan fingerprint density at radius 3 is 2.73 bits per heavy atom. The Kier molecular flexibility index (Phi) is 5.46. The highest BCUT2D eigenvalue weighted by molar-refractivity contribution is 5.99. The van der Waals surface area contributed by atoms with Crippen LogP contribution in [-0.2, 0) is 11.2 Å². The Bertz CT molecular complexity index is 1190. The van der Waals surface area contributed by atoms with E-state index < -0.39 is 0 Å². The van der Waals surface area contributed by atoms with Crippen molar-refractivity contribution in [3.8, 4) is 11.3 Å². The molecule has 2 N–H and O–H groups in total. The average molecular weight is 445 g/mol. The van der Waals surface area contributed by atoms with E-state index in [0.29, 0.717) is 11.5 Å². The van der Waals surface area contributed by atoms with E-state index in [-0.39, 0.29) is 11.4 Å². The largest absolute Gasteiger partial charge is 0.380 e. The molecule has 0 aliphatic carbocycles. The zero-order chi connectivity index (χ0) is 23.0. The number of aromatic nitrogens is 3. The van der Waals surface area contributed by atoms with E-state index in [0.717, 1.165) is 49.7 Å². The number of nitrogens with one attached hydrogen (secondary N) is 2. The minimum atomic E-state index is -0.388. The molecule has 2 aliphatic heterocycles. The molecule has 1 fully saturated rings. The van der Waals surface area contributed by atoms with Crippen LogP contribution in [0.2, 0.25) is 0 Å². The molecule has 0 bridgehead atoms. The predicted molar refractivity (Wildman–Crippen MR) is 129 cm³/mol. The fourth-order valence-electron chi connectivity index (χ4n) is 4.56. The van der Waals surface area contributed by atoms with Crippen molar-refractivity contribution in [1.82, 2.24) is 15.0 Å². The molecule has 5 rings (SSSR count). The number of rotatable bonds is 5. The van der Waals surface area contributed by atoms with Gasteiger partial charge in [-0.2, -0.15) is 0 Å². The van der Waals surface area contributed by atoms with Crippen molar-refractivity contribution in [2.75, 3.05) is 41.8 Å². The number of pyridine rings is 1. The fraction of sp³-hybridized carbons (Fsp3) is 0.360. The van der Waals surface area contributed by atoms with Gasteiger partial charge in [-0.1, -0.05) is 6.92 Å². The second-order valence-corrected chi connectivity index (χ2v) is 9.33. The van der Waals surface area contributed by atoms with Gasteiger partial charge in [-0.05, 0) is 55.7 Å². The van der Waals surface area contributed by atoms with Crippen molar-refractivity contribution in [3.05, 3.63) is 59.7 Å². The standard InChI is InChI=1S/C25H28N6O2/c1-16-8-19(9-18-6-7-31(23(16)18)13-25(3)14-33-15-25)21-11-26-12-22(29-21)30-24(32)28-20-5-4-17(2)27-10-20/h4-5,8-12H,6-7,13-15H2,1-3H3,(H2,28,29,30,32). The average Bonchev–Trinajstić information content (AvgIpc) is 3.17. The highest BCUT2D eigenvalue weighted by Crippen LogP contribution is 2.38. The van der Waals surface area contributed by atoms with Crippen LogP contribution in [0.4, 0.5) is 22.0 Å². The van der Waals surface area contributed by atoms with Crippen molar-refractivity contribution < 1.29 is 9.53 Å². The summed E-state index contributed by atoms with van der Waals surface area (Å²) >= 11 is 0. The zero-order valence-electron chi connectivity index (χ0n) is 19.2. The van der Waals surface area contributed by atoms with Gasteiger partial charge in [0.15, 0.2) is 5.82 Å². The van der Waals surface area contributed by atoms with Crippen LogP contribution in [0.5, 0.6) is 0 Å². The number of hydrogen-bond donors (Lipinski definition) is 2. The van der Waals surface area contributed by atoms with Crippen molar-refractivity contribution >= 4 is 23.2 Å². The summed E-state index contributed by atoms with van der Waals surface area (Å²) in [6.07, 6.45) is 5.90. The summed E-state index contributed by atoms with van der Waals surface area (Å²) in [5, 5.41) is 5.51. The molecule has 3 aromatic rings. The Labute approximate surface area is 193 Å². The lowest BCUT2D eigenvalue weighted by atomic mass is 9.88. The SMILES string of the molecule is Cc1ccc(NC(=O)Nc2cncc(-c3cc(C)c4c(c3)CCN4CC3(C)COC3)n2)cn1. The molecule has 0 atom stereocenters. The van der Waals surface area contributed by atoms with Crippen molar-refractivity contribution in [1.29, 1.82) is 0 Å². The molecule has 1 saturated heterocycles. The summed E-state index contributed by atoms with van der Waals surface area (Å²) in [6.45, 7) is 10.0. The van der Waals surface area contributed by atoms with Gasteiger partial charge >= 0.3 is 6.03 Å². The summed E-state index contributed by atoms with van der Waals surface area (Å²) < 4.78 is 5.44. The molecule has 8 nitrogen and oxygen atoms in total. The summed E-state index contributed by atoms with van der Waals surface area (Å²) in [7, 11) is 0. The first-order chi connectivity index (χ1) is 15.9. The van der Waals surface area contributed by atoms with E-state index in [1.165, 1.54) is 16.8 Å². The van der Waals surface area contributed by atoms with E-state index in [4.69, 9.17) is 4.74 Å². The summed E-state index contributed by atoms with van der Waals surface area (Å²) in [5.41, 5.74) is 7.38. The topological polar surface area (TPSA) is 92.3 Å². The van der Waals surface area contributed by atoms with Gasteiger partial charge in [0.05, 0.1) is 43.2 Å². The van der Waals surface area contributed by atoms with E-state index in [2.05, 4.69) is 56.5 Å². The van der Waals surface area contributed by atoms with Gasteiger partial charge in [-0.15, -0.1) is 0 Å². The van der Waals surface area contributed by atoms with E-state index >= 15 is 0 Å². The maximum atomic E-state index is 12.4. The first-order valence-corrected chi connectivity index (χ1v) is 11.2. The van der Waals surface area contributed by atoms with Crippen LogP contribution in [0.1, 0.15) is 23.7 Å². The van der Waals surface area contributed by atoms with Gasteiger partial charge in [-0.3, -0.25) is 15.3 Å². The van der Waals surface area contributed by atoms with Crippen LogP contribution >= 0.6 is 0 Å². The Balaban J connectivity index is 1.32. The van der Waals surface area contributed by atoms with Crippen molar-refractivity contribution in [2.24, 2.45) is 5.41 Å². The molecule has 2 aliphatic rings. The maximum Gasteiger partial charge on any atom is 0.324 e. The number of carbonyl (C=O) groups excluding carboxylic acids is 1. The number of carbonyl (C=O) groups is 1. The first-order valence-electron chi connectivity index (χ1n) is 11.2. The lowest BCUT2D eigenvalue weighted by Gasteiger charge is -2.41. The third-order valence-corrected chi connectivity index (χ3v) is 6.16. The molecule has 8 heteroatoms. The number of ether oxygens (including phenoxy) is 1. The van der Waals surface area contributed by atoms with Gasteiger partial charge in [0.1, 0.15) is 0 Å². The smallest absolute Gasteiger partial charge is 0.324 e. The first kappa shape index (κ1) is 21.3. The maximum absolute atomic E-state index is 12.4. The van der Waals surface area contributed by atoms with E-state index in [1.807, 2.05) is 13.0 Å². The quantitative estimate of drug-likeness (QED) is 0.613. The van der Waals surface area contributed by atoms with Crippen molar-refractivity contribution in [3.63, 3.8) is 0 Å². The van der Waals surface area contributed by atoms with Gasteiger partial charge in [0.2, 0.25) is 0 Å². The summed E-state index contributed by atoms with van der Waals surface area (Å²) in [5.74, 6) is 0.391. The molecule has 0 radical (unpaired) electrons. The Morgan fingerprint density at radius 1 is 1.15 bits per heavy atom. The van der Waals surface area contributed by atoms with Crippen LogP contribution in [0.15, 0.2) is 42.9 Å². The van der Waals surface area contributed by atoms with Gasteiger partial charge < -0.3 is 15.0 Å². The van der Waals surface area contributed by atoms with E-state index in [1.54, 1.807) is 24.7 Å². The number of aryl methyl sites for hydroxylation is 2. The van der Waals surface area contributed by atoms with Crippen LogP contribution < -0.4 is 15.5 Å². The van der Waals surface area contributed by atoms with Crippen LogP contribution in [0, 0.1) is 19.3 Å². The monoisotopic (exact) mass is 444 g/mol. The molecule has 33 heavy (non-hydrogen) atoms. The predicted octanol–water partition coefficient (Wildman–Crippen LogP) is 4.20. The number of nitrogens with zero attached hydrogens (tertiary/aromatic N) is 4. The molecule has 2 aromatic heterocycles. The number of hydrogen-bond acceptors (Lipinski definition) is 6. The molecule has 0 unspecified atom stereocenters. The number of anilines is 3. The number of amides is 2. The second-order valence-electron chi connectivity index (χ2n) is 9.33. The van der Waals surface area contributed by atoms with E-state index in [9.17, 15) is 4.79 Å². The van der Waals surface area contributed by atoms with Crippen molar-refractivity contribution in [2.45, 2.75) is 27.2 Å². The van der Waals surface area contributed by atoms with Crippen LogP contribution in [0.3, 0.4) is 0 Å². The molecule has 0 saturated carbocycles. The lowest BCUT2D eigenvalue weighted by molar-refractivity contribution is -0.0954.